The Morgan fingerprint density at radius 2 is 1.96 bits per heavy atom. The molecule has 1 heterocycles. The molecule has 1 fully saturated rings. The molecule has 0 unspecified atom stereocenters. The average molecular weight is 323 g/mol. The third-order valence-electron chi connectivity index (χ3n) is 5.27. The average Bonchev–Trinajstić information content (AvgIpc) is 3.03. The molecule has 0 bridgehead atoms. The minimum absolute atomic E-state index is 0.0332. The van der Waals surface area contributed by atoms with Gasteiger partial charge in [-0.1, -0.05) is 18.2 Å². The second kappa shape index (κ2) is 5.30. The van der Waals surface area contributed by atoms with Crippen molar-refractivity contribution in [2.45, 2.75) is 51.5 Å². The van der Waals surface area contributed by atoms with Crippen LogP contribution >= 0.6 is 0 Å². The summed E-state index contributed by atoms with van der Waals surface area (Å²) < 4.78 is 1.92. The summed E-state index contributed by atoms with van der Waals surface area (Å²) in [6.45, 7) is 3.59. The van der Waals surface area contributed by atoms with Crippen molar-refractivity contribution in [2.75, 3.05) is 0 Å². The molecule has 0 atom stereocenters. The number of nitrogens with zero attached hydrogens (tertiary/aromatic N) is 2. The molecule has 2 aliphatic carbocycles. The Bertz CT molecular complexity index is 846. The molecule has 124 valence electrons. The standard InChI is InChI=1S/C19H21N3O2/c1-12-6-3-4-8-15(12)22-16-9-5-7-14(16)17(21-22)18(24)20-19(10-11-19)13(2)23/h3-4,6,8H,5,7,9-11H2,1-2H3,(H,20,24). The monoisotopic (exact) mass is 323 g/mol. The van der Waals surface area contributed by atoms with Crippen LogP contribution in [-0.2, 0) is 17.6 Å². The number of fused-ring (bicyclic) bond motifs is 1. The van der Waals surface area contributed by atoms with E-state index >= 15 is 0 Å². The van der Waals surface area contributed by atoms with E-state index in [-0.39, 0.29) is 11.7 Å². The highest BCUT2D eigenvalue weighted by molar-refractivity contribution is 6.00. The summed E-state index contributed by atoms with van der Waals surface area (Å²) in [7, 11) is 0. The zero-order valence-corrected chi connectivity index (χ0v) is 14.1. The number of nitrogens with one attached hydrogen (secondary N) is 1. The highest BCUT2D eigenvalue weighted by Crippen LogP contribution is 2.37. The molecule has 0 radical (unpaired) electrons. The Morgan fingerprint density at radius 3 is 2.62 bits per heavy atom. The highest BCUT2D eigenvalue weighted by atomic mass is 16.2. The minimum atomic E-state index is -0.644. The van der Waals surface area contributed by atoms with Gasteiger partial charge in [-0.05, 0) is 57.6 Å². The van der Waals surface area contributed by atoms with Gasteiger partial charge >= 0.3 is 0 Å². The maximum absolute atomic E-state index is 12.8. The third kappa shape index (κ3) is 2.27. The van der Waals surface area contributed by atoms with Crippen molar-refractivity contribution in [3.8, 4) is 5.69 Å². The van der Waals surface area contributed by atoms with E-state index < -0.39 is 5.54 Å². The number of rotatable bonds is 4. The number of benzene rings is 1. The van der Waals surface area contributed by atoms with E-state index in [9.17, 15) is 9.59 Å². The van der Waals surface area contributed by atoms with Gasteiger partial charge in [0.1, 0.15) is 0 Å². The lowest BCUT2D eigenvalue weighted by molar-refractivity contribution is -0.119. The molecule has 5 nitrogen and oxygen atoms in total. The number of amides is 1. The molecule has 4 rings (SSSR count). The van der Waals surface area contributed by atoms with Gasteiger partial charge in [0.2, 0.25) is 0 Å². The smallest absolute Gasteiger partial charge is 0.272 e. The molecule has 0 saturated heterocycles. The van der Waals surface area contributed by atoms with E-state index in [0.29, 0.717) is 5.69 Å². The summed E-state index contributed by atoms with van der Waals surface area (Å²) in [4.78, 5) is 24.5. The van der Waals surface area contributed by atoms with E-state index in [0.717, 1.165) is 54.6 Å². The predicted molar refractivity (Wildman–Crippen MR) is 90.4 cm³/mol. The third-order valence-corrected chi connectivity index (χ3v) is 5.27. The molecule has 5 heteroatoms. The van der Waals surface area contributed by atoms with Crippen LogP contribution in [0.4, 0.5) is 0 Å². The van der Waals surface area contributed by atoms with Crippen LogP contribution in [0.5, 0.6) is 0 Å². The molecule has 1 aromatic heterocycles. The van der Waals surface area contributed by atoms with Crippen molar-refractivity contribution in [1.29, 1.82) is 0 Å². The van der Waals surface area contributed by atoms with Crippen molar-refractivity contribution in [1.82, 2.24) is 15.1 Å². The van der Waals surface area contributed by atoms with Crippen LogP contribution in [0.3, 0.4) is 0 Å². The maximum atomic E-state index is 12.8. The zero-order valence-electron chi connectivity index (χ0n) is 14.1. The van der Waals surface area contributed by atoms with Gasteiger partial charge in [0.05, 0.1) is 11.2 Å². The van der Waals surface area contributed by atoms with Crippen LogP contribution in [-0.4, -0.2) is 27.0 Å². The van der Waals surface area contributed by atoms with Crippen LogP contribution < -0.4 is 5.32 Å². The van der Waals surface area contributed by atoms with Crippen molar-refractivity contribution in [2.24, 2.45) is 0 Å². The number of Topliss-reactive ketones (excluding diaryl/α,β-unsaturated/α-hetero) is 1. The largest absolute Gasteiger partial charge is 0.338 e. The van der Waals surface area contributed by atoms with E-state index in [1.54, 1.807) is 6.92 Å². The molecule has 1 saturated carbocycles. The number of aromatic nitrogens is 2. The number of ketones is 1. The number of para-hydroxylation sites is 1. The second-order valence-corrected chi connectivity index (χ2v) is 6.92. The van der Waals surface area contributed by atoms with Gasteiger partial charge < -0.3 is 5.32 Å². The normalized spacial score (nSPS) is 17.4. The fourth-order valence-corrected chi connectivity index (χ4v) is 3.59. The number of hydrogen-bond acceptors (Lipinski definition) is 3. The van der Waals surface area contributed by atoms with Gasteiger partial charge in [-0.3, -0.25) is 9.59 Å². The fraction of sp³-hybridized carbons (Fsp3) is 0.421. The first kappa shape index (κ1) is 15.1. The Hall–Kier alpha value is -2.43. The van der Waals surface area contributed by atoms with Gasteiger partial charge in [0, 0.05) is 11.3 Å². The summed E-state index contributed by atoms with van der Waals surface area (Å²) in [5.74, 6) is -0.181. The topological polar surface area (TPSA) is 64.0 Å². The SMILES string of the molecule is CC(=O)C1(NC(=O)c2nn(-c3ccccc3C)c3c2CCC3)CC1. The first-order chi connectivity index (χ1) is 11.5. The molecule has 0 aliphatic heterocycles. The van der Waals surface area contributed by atoms with Gasteiger partial charge in [0.15, 0.2) is 11.5 Å². The zero-order chi connectivity index (χ0) is 16.9. The highest BCUT2D eigenvalue weighted by Gasteiger charge is 2.49. The van der Waals surface area contributed by atoms with Crippen molar-refractivity contribution in [3.05, 3.63) is 46.8 Å². The van der Waals surface area contributed by atoms with Crippen LogP contribution in [0.1, 0.15) is 53.5 Å². The molecule has 1 N–H and O–H groups in total. The van der Waals surface area contributed by atoms with E-state index in [2.05, 4.69) is 10.4 Å². The second-order valence-electron chi connectivity index (χ2n) is 6.92. The first-order valence-electron chi connectivity index (χ1n) is 8.52. The van der Waals surface area contributed by atoms with Crippen molar-refractivity contribution >= 4 is 11.7 Å². The van der Waals surface area contributed by atoms with E-state index in [1.807, 2.05) is 35.9 Å². The van der Waals surface area contributed by atoms with Crippen molar-refractivity contribution in [3.63, 3.8) is 0 Å². The molecule has 1 amide bonds. The summed E-state index contributed by atoms with van der Waals surface area (Å²) in [5.41, 5.74) is 4.15. The van der Waals surface area contributed by atoms with Crippen LogP contribution in [0, 0.1) is 6.92 Å². The van der Waals surface area contributed by atoms with Crippen molar-refractivity contribution < 1.29 is 9.59 Å². The Balaban J connectivity index is 1.73. The molecule has 1 aromatic carbocycles. The molecular weight excluding hydrogens is 302 g/mol. The number of carbonyl (C=O) groups is 2. The molecule has 2 aliphatic rings. The lowest BCUT2D eigenvalue weighted by Gasteiger charge is -2.13. The fourth-order valence-electron chi connectivity index (χ4n) is 3.59. The van der Waals surface area contributed by atoms with Crippen LogP contribution in [0.15, 0.2) is 24.3 Å². The van der Waals surface area contributed by atoms with Crippen LogP contribution in [0.25, 0.3) is 5.69 Å². The molecule has 24 heavy (non-hydrogen) atoms. The van der Waals surface area contributed by atoms with E-state index in [1.165, 1.54) is 0 Å². The maximum Gasteiger partial charge on any atom is 0.272 e. The van der Waals surface area contributed by atoms with Gasteiger partial charge in [-0.15, -0.1) is 0 Å². The van der Waals surface area contributed by atoms with E-state index in [4.69, 9.17) is 0 Å². The summed E-state index contributed by atoms with van der Waals surface area (Å²) >= 11 is 0. The summed E-state index contributed by atoms with van der Waals surface area (Å²) in [6, 6.07) is 8.06. The number of carbonyl (C=O) groups excluding carboxylic acids is 2. The summed E-state index contributed by atoms with van der Waals surface area (Å²) in [6.07, 6.45) is 4.31. The van der Waals surface area contributed by atoms with Crippen LogP contribution in [0.2, 0.25) is 0 Å². The number of aryl methyl sites for hydroxylation is 1. The molecule has 0 spiro atoms. The lowest BCUT2D eigenvalue weighted by atomic mass is 10.1. The first-order valence-corrected chi connectivity index (χ1v) is 8.52. The van der Waals surface area contributed by atoms with Gasteiger partial charge in [-0.25, -0.2) is 4.68 Å². The Morgan fingerprint density at radius 1 is 1.21 bits per heavy atom. The molecule has 2 aromatic rings. The predicted octanol–water partition coefficient (Wildman–Crippen LogP) is 2.52. The minimum Gasteiger partial charge on any atom is -0.338 e. The summed E-state index contributed by atoms with van der Waals surface area (Å²) in [5, 5.41) is 7.56. The Labute approximate surface area is 141 Å². The Kier molecular flexibility index (Phi) is 3.34. The lowest BCUT2D eigenvalue weighted by Crippen LogP contribution is -2.42. The van der Waals surface area contributed by atoms with Gasteiger partial charge in [0.25, 0.3) is 5.91 Å². The van der Waals surface area contributed by atoms with Gasteiger partial charge in [-0.2, -0.15) is 5.10 Å². The molecular formula is C19H21N3O2. The number of hydrogen-bond donors (Lipinski definition) is 1. The quantitative estimate of drug-likeness (QED) is 0.940.